The lowest BCUT2D eigenvalue weighted by Crippen LogP contribution is -2.26. The maximum absolute atomic E-state index is 9.20. The van der Waals surface area contributed by atoms with Gasteiger partial charge in [0.15, 0.2) is 0 Å². The van der Waals surface area contributed by atoms with Crippen LogP contribution in [0.25, 0.3) is 27.6 Å². The first-order chi connectivity index (χ1) is 29.2. The predicted molar refractivity (Wildman–Crippen MR) is 246 cm³/mol. The Labute approximate surface area is 351 Å². The fraction of sp³-hybridized carbons (Fsp3) is 0.204. The van der Waals surface area contributed by atoms with Gasteiger partial charge in [-0.05, 0) is 87.8 Å². The number of hydrogen-bond donors (Lipinski definition) is 0. The summed E-state index contributed by atoms with van der Waals surface area (Å²) in [5.74, 6) is 2.17. The van der Waals surface area contributed by atoms with Crippen molar-refractivity contribution in [1.82, 2.24) is 9.55 Å². The van der Waals surface area contributed by atoms with E-state index < -0.39 is 0 Å². The van der Waals surface area contributed by atoms with Crippen LogP contribution in [-0.4, -0.2) is 16.2 Å². The Morgan fingerprint density at radius 2 is 1.10 bits per heavy atom. The zero-order valence-corrected chi connectivity index (χ0v) is 35.0. The molecule has 9 rings (SSSR count). The lowest BCUT2D eigenvalue weighted by molar-refractivity contribution is 0.483. The molecule has 0 amide bonds. The van der Waals surface area contributed by atoms with Gasteiger partial charge in [-0.2, -0.15) is 0 Å². The van der Waals surface area contributed by atoms with Gasteiger partial charge in [-0.25, -0.2) is 4.98 Å². The second kappa shape index (κ2) is 14.7. The van der Waals surface area contributed by atoms with Gasteiger partial charge in [0.25, 0.3) is 0 Å². The minimum atomic E-state index is -0.269. The van der Waals surface area contributed by atoms with Crippen molar-refractivity contribution in [1.29, 1.82) is 0 Å². The molecule has 59 heavy (non-hydrogen) atoms. The summed E-state index contributed by atoms with van der Waals surface area (Å²) < 4.78 is 27.2. The van der Waals surface area contributed by atoms with Gasteiger partial charge in [-0.3, -0.25) is 4.57 Å². The number of anilines is 2. The summed E-state index contributed by atoms with van der Waals surface area (Å²) in [5.41, 5.74) is 9.15. The van der Waals surface area contributed by atoms with Gasteiger partial charge < -0.3 is 14.5 Å². The van der Waals surface area contributed by atoms with Gasteiger partial charge >= 0.3 is 0 Å². The Morgan fingerprint density at radius 1 is 0.492 bits per heavy atom. The molecule has 3 heterocycles. The van der Waals surface area contributed by atoms with E-state index in [-0.39, 0.29) is 28.6 Å². The van der Waals surface area contributed by atoms with E-state index in [1.54, 1.807) is 0 Å². The van der Waals surface area contributed by atoms with Gasteiger partial charge in [-0.1, -0.05) is 139 Å². The second-order valence-electron chi connectivity index (χ2n) is 17.8. The fourth-order valence-corrected chi connectivity index (χ4v) is 8.27. The molecule has 5 heteroatoms. The largest absolute Gasteiger partial charge is 0.457 e. The number of rotatable bonds is 9. The summed E-state index contributed by atoms with van der Waals surface area (Å²) in [6.45, 7) is 16.0. The molecule has 0 bridgehead atoms. The summed E-state index contributed by atoms with van der Waals surface area (Å²) in [4.78, 5) is 8.73. The number of fused-ring (bicyclic) bond motifs is 3. The molecule has 1 aliphatic heterocycles. The maximum Gasteiger partial charge on any atom is 0.137 e. The molecule has 0 aliphatic carbocycles. The molecule has 294 valence electrons. The highest BCUT2D eigenvalue weighted by atomic mass is 16.5. The van der Waals surface area contributed by atoms with Crippen molar-refractivity contribution in [3.8, 4) is 17.3 Å². The molecule has 0 atom stereocenters. The van der Waals surface area contributed by atoms with Crippen molar-refractivity contribution in [2.24, 2.45) is 0 Å². The predicted octanol–water partition coefficient (Wildman–Crippen LogP) is 13.7. The van der Waals surface area contributed by atoms with Gasteiger partial charge in [0.2, 0.25) is 0 Å². The van der Waals surface area contributed by atoms with Crippen molar-refractivity contribution in [3.05, 3.63) is 204 Å². The van der Waals surface area contributed by atoms with Crippen molar-refractivity contribution in [3.63, 3.8) is 0 Å². The Morgan fingerprint density at radius 3 is 1.81 bits per heavy atom. The number of pyridine rings is 1. The topological polar surface area (TPSA) is 33.5 Å². The molecule has 1 aliphatic rings. The average molecular weight is 775 g/mol. The van der Waals surface area contributed by atoms with Crippen LogP contribution in [0.1, 0.15) is 79.0 Å². The number of nitrogens with zero attached hydrogens (tertiary/aromatic N) is 4. The van der Waals surface area contributed by atoms with Crippen LogP contribution in [0.15, 0.2) is 176 Å². The number of para-hydroxylation sites is 1. The van der Waals surface area contributed by atoms with Crippen LogP contribution in [0.4, 0.5) is 11.4 Å². The van der Waals surface area contributed by atoms with E-state index in [0.29, 0.717) is 18.2 Å². The molecule has 2 aromatic heterocycles. The first kappa shape index (κ1) is 35.6. The zero-order valence-electron chi connectivity index (χ0n) is 37.0. The minimum absolute atomic E-state index is 0.116. The normalized spacial score (nSPS) is 14.3. The molecule has 0 N–H and O–H groups in total. The van der Waals surface area contributed by atoms with E-state index in [1.165, 1.54) is 27.8 Å². The zero-order chi connectivity index (χ0) is 42.7. The van der Waals surface area contributed by atoms with Crippen LogP contribution in [0.3, 0.4) is 0 Å². The summed E-state index contributed by atoms with van der Waals surface area (Å²) in [6, 6.07) is 54.7. The Kier molecular flexibility index (Phi) is 8.83. The lowest BCUT2D eigenvalue weighted by Gasteiger charge is -2.31. The smallest absolute Gasteiger partial charge is 0.137 e. The van der Waals surface area contributed by atoms with E-state index in [4.69, 9.17) is 11.1 Å². The van der Waals surface area contributed by atoms with Gasteiger partial charge in [0.05, 0.1) is 20.4 Å². The minimum Gasteiger partial charge on any atom is -0.457 e. The van der Waals surface area contributed by atoms with Gasteiger partial charge in [0, 0.05) is 63.7 Å². The number of aromatic nitrogens is 2. The average Bonchev–Trinajstić information content (AvgIpc) is 3.76. The van der Waals surface area contributed by atoms with Crippen molar-refractivity contribution in [2.75, 3.05) is 16.5 Å². The number of hydrogen-bond acceptors (Lipinski definition) is 4. The van der Waals surface area contributed by atoms with Crippen LogP contribution in [-0.2, 0) is 16.2 Å². The molecular formula is C54H52N4O. The fourth-order valence-electron chi connectivity index (χ4n) is 8.27. The van der Waals surface area contributed by atoms with E-state index in [0.717, 1.165) is 39.0 Å². The SMILES string of the molecule is [2H]C1=C([2H])N(c2cc(C(C)(C)C)cc(C(C)(C)c3ccccc3)c2)CN1c1cccc(Oc2ccc3c4ccccc4n(-c4cc(C(C)(C)c5ccccc5)ccn4)c3c2)c1. The summed E-state index contributed by atoms with van der Waals surface area (Å²) in [5, 5.41) is 2.25. The third-order valence-electron chi connectivity index (χ3n) is 12.1. The maximum atomic E-state index is 9.20. The summed E-state index contributed by atoms with van der Waals surface area (Å²) in [6.07, 6.45) is 2.20. The van der Waals surface area contributed by atoms with Crippen LogP contribution in [0.2, 0.25) is 0 Å². The molecule has 0 saturated heterocycles. The third kappa shape index (κ3) is 7.16. The summed E-state index contributed by atoms with van der Waals surface area (Å²) in [7, 11) is 0. The van der Waals surface area contributed by atoms with Crippen molar-refractivity contribution < 1.29 is 7.48 Å². The highest BCUT2D eigenvalue weighted by Crippen LogP contribution is 2.40. The molecule has 0 radical (unpaired) electrons. The van der Waals surface area contributed by atoms with Crippen molar-refractivity contribution >= 4 is 33.2 Å². The molecule has 5 nitrogen and oxygen atoms in total. The Bertz CT molecular complexity index is 2940. The van der Waals surface area contributed by atoms with E-state index in [9.17, 15) is 1.37 Å². The van der Waals surface area contributed by atoms with Crippen LogP contribution in [0, 0.1) is 0 Å². The number of benzene rings is 6. The second-order valence-corrected chi connectivity index (χ2v) is 17.8. The molecule has 8 aromatic rings. The molecule has 0 fully saturated rings. The lowest BCUT2D eigenvalue weighted by atomic mass is 9.75. The Hall–Kier alpha value is -6.59. The molecular weight excluding hydrogens is 721 g/mol. The quantitative estimate of drug-likeness (QED) is 0.146. The number of ether oxygens (including phenoxy) is 1. The third-order valence-corrected chi connectivity index (χ3v) is 12.1. The molecule has 0 saturated carbocycles. The van der Waals surface area contributed by atoms with Gasteiger partial charge in [0.1, 0.15) is 17.3 Å². The first-order valence-electron chi connectivity index (χ1n) is 21.5. The molecule has 6 aromatic carbocycles. The molecule has 0 unspecified atom stereocenters. The van der Waals surface area contributed by atoms with Crippen molar-refractivity contribution in [2.45, 2.75) is 64.7 Å². The molecule has 0 spiro atoms. The monoisotopic (exact) mass is 774 g/mol. The highest BCUT2D eigenvalue weighted by molar-refractivity contribution is 6.09. The van der Waals surface area contributed by atoms with Crippen LogP contribution >= 0.6 is 0 Å². The van der Waals surface area contributed by atoms with Crippen LogP contribution < -0.4 is 14.5 Å². The Balaban J connectivity index is 1.04. The first-order valence-corrected chi connectivity index (χ1v) is 20.5. The standard InChI is InChI=1S/C54H52N4O/c1-52(2,3)41-31-42(54(6,7)39-19-12-9-13-20-39)33-44(32-41)57-30-29-56(37-57)43-21-16-22-45(35-43)59-46-25-26-48-47-23-14-15-24-49(47)58(50(48)36-46)51-34-40(27-28-55-51)53(4,5)38-17-10-8-11-18-38/h8-36H,37H2,1-7H3/i29D,30D. The van der Waals surface area contributed by atoms with E-state index in [2.05, 4.69) is 174 Å². The van der Waals surface area contributed by atoms with E-state index >= 15 is 0 Å². The van der Waals surface area contributed by atoms with Gasteiger partial charge in [-0.15, -0.1) is 0 Å². The highest BCUT2D eigenvalue weighted by Gasteiger charge is 2.28. The van der Waals surface area contributed by atoms with E-state index in [1.807, 2.05) is 52.4 Å². The summed E-state index contributed by atoms with van der Waals surface area (Å²) >= 11 is 0. The van der Waals surface area contributed by atoms with Crippen LogP contribution in [0.5, 0.6) is 11.5 Å².